The molecule has 2 aromatic rings. The molecular weight excluding hydrogens is 321 g/mol. The van der Waals surface area contributed by atoms with Gasteiger partial charge in [0.2, 0.25) is 0 Å². The van der Waals surface area contributed by atoms with Crippen LogP contribution >= 0.6 is 43.5 Å². The lowest BCUT2D eigenvalue weighted by Gasteiger charge is -1.95. The van der Waals surface area contributed by atoms with Crippen LogP contribution in [0, 0.1) is 0 Å². The fourth-order valence-corrected chi connectivity index (χ4v) is 2.30. The van der Waals surface area contributed by atoms with Crippen molar-refractivity contribution >= 4 is 49.1 Å². The Kier molecular flexibility index (Phi) is 2.58. The van der Waals surface area contributed by atoms with Gasteiger partial charge in [-0.2, -0.15) is 0 Å². The highest BCUT2D eigenvalue weighted by atomic mass is 79.9. The molecule has 0 spiro atoms. The van der Waals surface area contributed by atoms with E-state index in [2.05, 4.69) is 41.8 Å². The van der Waals surface area contributed by atoms with Crippen LogP contribution in [0.25, 0.3) is 5.65 Å². The Hall–Kier alpha value is -0.130. The van der Waals surface area contributed by atoms with E-state index in [1.165, 1.54) is 0 Å². The number of alkyl halides is 1. The van der Waals surface area contributed by atoms with Crippen molar-refractivity contribution in [2.45, 2.75) is 5.88 Å². The Balaban J connectivity index is 2.75. The molecule has 0 saturated carbocycles. The SMILES string of the molecule is ClCc1cn2cc(Br)nc(Br)c2n1. The van der Waals surface area contributed by atoms with Crippen molar-refractivity contribution in [2.24, 2.45) is 0 Å². The number of nitrogens with zero attached hydrogens (tertiary/aromatic N) is 3. The molecule has 0 saturated heterocycles. The van der Waals surface area contributed by atoms with Crippen LogP contribution in [0.15, 0.2) is 21.6 Å². The molecule has 0 amide bonds. The van der Waals surface area contributed by atoms with Gasteiger partial charge in [0.1, 0.15) is 4.60 Å². The Morgan fingerprint density at radius 3 is 2.77 bits per heavy atom. The molecule has 6 heteroatoms. The quantitative estimate of drug-likeness (QED) is 0.755. The summed E-state index contributed by atoms with van der Waals surface area (Å²) in [6.07, 6.45) is 3.71. The molecule has 13 heavy (non-hydrogen) atoms. The number of hydrogen-bond donors (Lipinski definition) is 0. The van der Waals surface area contributed by atoms with Crippen LogP contribution in [0.1, 0.15) is 5.69 Å². The van der Waals surface area contributed by atoms with Crippen molar-refractivity contribution in [1.29, 1.82) is 0 Å². The van der Waals surface area contributed by atoms with E-state index in [1.807, 2.05) is 16.8 Å². The normalized spacial score (nSPS) is 11.0. The lowest BCUT2D eigenvalue weighted by atomic mass is 10.6. The van der Waals surface area contributed by atoms with Crippen molar-refractivity contribution in [1.82, 2.24) is 14.4 Å². The van der Waals surface area contributed by atoms with Crippen LogP contribution in [0.3, 0.4) is 0 Å². The Morgan fingerprint density at radius 2 is 2.08 bits per heavy atom. The molecule has 0 bridgehead atoms. The van der Waals surface area contributed by atoms with E-state index in [0.717, 1.165) is 15.9 Å². The largest absolute Gasteiger partial charge is 0.302 e. The summed E-state index contributed by atoms with van der Waals surface area (Å²) in [6, 6.07) is 0. The zero-order valence-corrected chi connectivity index (χ0v) is 10.3. The summed E-state index contributed by atoms with van der Waals surface area (Å²) in [5.74, 6) is 0.408. The Morgan fingerprint density at radius 1 is 1.31 bits per heavy atom. The fourth-order valence-electron chi connectivity index (χ4n) is 1.05. The number of imidazole rings is 1. The van der Waals surface area contributed by atoms with E-state index in [0.29, 0.717) is 10.5 Å². The third-order valence-corrected chi connectivity index (χ3v) is 2.74. The van der Waals surface area contributed by atoms with Gasteiger partial charge in [0.05, 0.1) is 11.6 Å². The average Bonchev–Trinajstić information content (AvgIpc) is 2.47. The zero-order chi connectivity index (χ0) is 9.42. The second-order valence-corrected chi connectivity index (χ2v) is 4.28. The van der Waals surface area contributed by atoms with Gasteiger partial charge >= 0.3 is 0 Å². The van der Waals surface area contributed by atoms with E-state index in [9.17, 15) is 0 Å². The van der Waals surface area contributed by atoms with Crippen molar-refractivity contribution in [3.8, 4) is 0 Å². The minimum absolute atomic E-state index is 0.408. The van der Waals surface area contributed by atoms with Gasteiger partial charge in [0.25, 0.3) is 0 Å². The van der Waals surface area contributed by atoms with Gasteiger partial charge in [-0.1, -0.05) is 0 Å². The van der Waals surface area contributed by atoms with Gasteiger partial charge in [0, 0.05) is 12.4 Å². The second kappa shape index (κ2) is 3.55. The lowest BCUT2D eigenvalue weighted by molar-refractivity contribution is 1.08. The number of hydrogen-bond acceptors (Lipinski definition) is 2. The van der Waals surface area contributed by atoms with E-state index in [-0.39, 0.29) is 0 Å². The minimum Gasteiger partial charge on any atom is -0.302 e. The second-order valence-electron chi connectivity index (χ2n) is 2.45. The Labute approximate surface area is 96.4 Å². The predicted octanol–water partition coefficient (Wildman–Crippen LogP) is 2.99. The van der Waals surface area contributed by atoms with Gasteiger partial charge < -0.3 is 4.40 Å². The first-order valence-electron chi connectivity index (χ1n) is 3.46. The number of aromatic nitrogens is 3. The molecular formula is C7H4Br2ClN3. The molecule has 3 nitrogen and oxygen atoms in total. The molecule has 0 radical (unpaired) electrons. The summed E-state index contributed by atoms with van der Waals surface area (Å²) in [5.41, 5.74) is 1.61. The maximum atomic E-state index is 5.67. The molecule has 0 unspecified atom stereocenters. The number of halogens is 3. The average molecular weight is 325 g/mol. The van der Waals surface area contributed by atoms with Crippen molar-refractivity contribution in [2.75, 3.05) is 0 Å². The van der Waals surface area contributed by atoms with E-state index in [1.54, 1.807) is 0 Å². The summed E-state index contributed by atoms with van der Waals surface area (Å²) in [5, 5.41) is 0. The summed E-state index contributed by atoms with van der Waals surface area (Å²) < 4.78 is 3.34. The van der Waals surface area contributed by atoms with Crippen LogP contribution in [0.4, 0.5) is 0 Å². The van der Waals surface area contributed by atoms with Gasteiger partial charge in [-0.05, 0) is 31.9 Å². The first-order valence-corrected chi connectivity index (χ1v) is 5.58. The van der Waals surface area contributed by atoms with Crippen LogP contribution in [0.5, 0.6) is 0 Å². The van der Waals surface area contributed by atoms with E-state index < -0.39 is 0 Å². The third kappa shape index (κ3) is 1.73. The highest BCUT2D eigenvalue weighted by molar-refractivity contribution is 9.11. The molecule has 0 aromatic carbocycles. The molecule has 68 valence electrons. The molecule has 0 N–H and O–H groups in total. The number of rotatable bonds is 1. The summed E-state index contributed by atoms with van der Waals surface area (Å²) >= 11 is 12.3. The molecule has 2 heterocycles. The summed E-state index contributed by atoms with van der Waals surface area (Å²) in [7, 11) is 0. The van der Waals surface area contributed by atoms with Crippen LogP contribution < -0.4 is 0 Å². The summed E-state index contributed by atoms with van der Waals surface area (Å²) in [6.45, 7) is 0. The molecule has 2 aromatic heterocycles. The fraction of sp³-hybridized carbons (Fsp3) is 0.143. The molecule has 0 aliphatic heterocycles. The zero-order valence-electron chi connectivity index (χ0n) is 6.34. The smallest absolute Gasteiger partial charge is 0.170 e. The highest BCUT2D eigenvalue weighted by Gasteiger charge is 2.06. The van der Waals surface area contributed by atoms with Gasteiger partial charge in [-0.25, -0.2) is 9.97 Å². The number of fused-ring (bicyclic) bond motifs is 1. The van der Waals surface area contributed by atoms with Gasteiger partial charge in [-0.15, -0.1) is 11.6 Å². The van der Waals surface area contributed by atoms with Crippen LogP contribution in [0.2, 0.25) is 0 Å². The van der Waals surface area contributed by atoms with Crippen molar-refractivity contribution in [3.05, 3.63) is 27.3 Å². The minimum atomic E-state index is 0.408. The Bertz CT molecular complexity index is 454. The molecule has 2 rings (SSSR count). The van der Waals surface area contributed by atoms with Crippen molar-refractivity contribution in [3.63, 3.8) is 0 Å². The van der Waals surface area contributed by atoms with Crippen LogP contribution in [-0.4, -0.2) is 14.4 Å². The highest BCUT2D eigenvalue weighted by Crippen LogP contribution is 2.19. The maximum absolute atomic E-state index is 5.67. The maximum Gasteiger partial charge on any atom is 0.170 e. The van der Waals surface area contributed by atoms with E-state index in [4.69, 9.17) is 11.6 Å². The standard InChI is InChI=1S/C7H4Br2ClN3/c8-5-3-13-2-4(1-10)11-7(13)6(9)12-5/h2-3H,1H2. The van der Waals surface area contributed by atoms with Crippen molar-refractivity contribution < 1.29 is 0 Å². The lowest BCUT2D eigenvalue weighted by Crippen LogP contribution is -1.88. The first-order chi connectivity index (χ1) is 6.20. The monoisotopic (exact) mass is 323 g/mol. The third-order valence-electron chi connectivity index (χ3n) is 1.55. The van der Waals surface area contributed by atoms with E-state index >= 15 is 0 Å². The van der Waals surface area contributed by atoms with Gasteiger partial charge in [0.15, 0.2) is 10.3 Å². The summed E-state index contributed by atoms with van der Waals surface area (Å²) in [4.78, 5) is 8.43. The molecule has 0 atom stereocenters. The van der Waals surface area contributed by atoms with Gasteiger partial charge in [-0.3, -0.25) is 0 Å². The van der Waals surface area contributed by atoms with Crippen LogP contribution in [-0.2, 0) is 5.88 Å². The molecule has 0 aliphatic carbocycles. The topological polar surface area (TPSA) is 30.2 Å². The predicted molar refractivity (Wildman–Crippen MR) is 57.9 cm³/mol. The molecule has 0 aliphatic rings. The first kappa shape index (κ1) is 9.43. The molecule has 0 fully saturated rings.